The molecule has 2 nitrogen and oxygen atoms in total. The summed E-state index contributed by atoms with van der Waals surface area (Å²) in [4.78, 5) is 11.4. The molecular weight excluding hydrogens is 244 g/mol. The van der Waals surface area contributed by atoms with Crippen molar-refractivity contribution in [2.24, 2.45) is 5.92 Å². The van der Waals surface area contributed by atoms with Gasteiger partial charge in [0, 0.05) is 16.8 Å². The van der Waals surface area contributed by atoms with Gasteiger partial charge in [0.2, 0.25) is 0 Å². The maximum atomic E-state index is 11.4. The number of methoxy groups -OCH3 is 1. The largest absolute Gasteiger partial charge is 0.466 e. The molecule has 0 heterocycles. The van der Waals surface area contributed by atoms with E-state index >= 15 is 0 Å². The molecule has 0 aromatic rings. The topological polar surface area (TPSA) is 26.3 Å². The molecule has 0 aromatic heterocycles. The summed E-state index contributed by atoms with van der Waals surface area (Å²) in [5, 5.41) is 0.811. The van der Waals surface area contributed by atoms with Crippen LogP contribution in [0.3, 0.4) is 0 Å². The van der Waals surface area contributed by atoms with E-state index in [1.807, 2.05) is 12.2 Å². The zero-order valence-corrected chi connectivity index (χ0v) is 10.1. The first-order chi connectivity index (χ1) is 6.72. The Kier molecular flexibility index (Phi) is 4.39. The Labute approximate surface area is 93.1 Å². The second-order valence-electron chi connectivity index (χ2n) is 3.35. The van der Waals surface area contributed by atoms with Crippen molar-refractivity contribution in [1.82, 2.24) is 0 Å². The van der Waals surface area contributed by atoms with Gasteiger partial charge in [-0.1, -0.05) is 40.6 Å². The standard InChI is InChI=1S/C11H15BrO2/c1-3-8-4-5-10(11(13)14-2)9(6-8)7-12/h4-5,9H,3,6-7H2,1-2H3. The van der Waals surface area contributed by atoms with Gasteiger partial charge in [0.05, 0.1) is 7.11 Å². The van der Waals surface area contributed by atoms with E-state index in [0.29, 0.717) is 0 Å². The number of hydrogen-bond donors (Lipinski definition) is 0. The van der Waals surface area contributed by atoms with Crippen molar-refractivity contribution < 1.29 is 9.53 Å². The Morgan fingerprint density at radius 1 is 1.64 bits per heavy atom. The summed E-state index contributed by atoms with van der Waals surface area (Å²) in [7, 11) is 1.42. The lowest BCUT2D eigenvalue weighted by Gasteiger charge is -2.21. The quantitative estimate of drug-likeness (QED) is 0.575. The van der Waals surface area contributed by atoms with Gasteiger partial charge in [0.1, 0.15) is 0 Å². The number of ether oxygens (including phenoxy) is 1. The van der Waals surface area contributed by atoms with Gasteiger partial charge in [-0.25, -0.2) is 4.79 Å². The molecular formula is C11H15BrO2. The number of alkyl halides is 1. The summed E-state index contributed by atoms with van der Waals surface area (Å²) in [6.07, 6.45) is 5.93. The molecule has 0 aliphatic heterocycles. The first-order valence-electron chi connectivity index (χ1n) is 4.76. The molecule has 0 spiro atoms. The highest BCUT2D eigenvalue weighted by Crippen LogP contribution is 2.28. The molecule has 0 N–H and O–H groups in total. The smallest absolute Gasteiger partial charge is 0.334 e. The molecule has 0 aromatic carbocycles. The van der Waals surface area contributed by atoms with Gasteiger partial charge in [-0.3, -0.25) is 0 Å². The third-order valence-electron chi connectivity index (χ3n) is 2.51. The van der Waals surface area contributed by atoms with Gasteiger partial charge in [0.25, 0.3) is 0 Å². The average molecular weight is 259 g/mol. The molecule has 1 atom stereocenters. The van der Waals surface area contributed by atoms with Gasteiger partial charge < -0.3 is 4.74 Å². The number of rotatable bonds is 3. The second-order valence-corrected chi connectivity index (χ2v) is 3.99. The lowest BCUT2D eigenvalue weighted by molar-refractivity contribution is -0.136. The van der Waals surface area contributed by atoms with Crippen molar-refractivity contribution >= 4 is 21.9 Å². The van der Waals surface area contributed by atoms with Crippen LogP contribution in [0.25, 0.3) is 0 Å². The fourth-order valence-corrected chi connectivity index (χ4v) is 2.17. The van der Waals surface area contributed by atoms with Crippen LogP contribution in [-0.2, 0) is 9.53 Å². The molecule has 1 aliphatic carbocycles. The van der Waals surface area contributed by atoms with Gasteiger partial charge >= 0.3 is 5.97 Å². The minimum Gasteiger partial charge on any atom is -0.466 e. The third-order valence-corrected chi connectivity index (χ3v) is 3.29. The van der Waals surface area contributed by atoms with Crippen LogP contribution in [0.1, 0.15) is 19.8 Å². The van der Waals surface area contributed by atoms with Gasteiger partial charge in [-0.2, -0.15) is 0 Å². The summed E-state index contributed by atoms with van der Waals surface area (Å²) >= 11 is 3.43. The van der Waals surface area contributed by atoms with Crippen molar-refractivity contribution in [1.29, 1.82) is 0 Å². The Bertz CT molecular complexity index is 279. The lowest BCUT2D eigenvalue weighted by Crippen LogP contribution is -2.18. The molecule has 0 saturated heterocycles. The van der Waals surface area contributed by atoms with Crippen LogP contribution in [0, 0.1) is 5.92 Å². The maximum absolute atomic E-state index is 11.4. The monoisotopic (exact) mass is 258 g/mol. The van der Waals surface area contributed by atoms with Crippen LogP contribution in [0.15, 0.2) is 23.3 Å². The van der Waals surface area contributed by atoms with E-state index < -0.39 is 0 Å². The molecule has 3 heteroatoms. The molecule has 0 amide bonds. The van der Waals surface area contributed by atoms with Crippen LogP contribution in [0.2, 0.25) is 0 Å². The van der Waals surface area contributed by atoms with Crippen LogP contribution in [0.4, 0.5) is 0 Å². The molecule has 0 bridgehead atoms. The SMILES string of the molecule is CCC1=CC=C(C(=O)OC)C(CBr)C1. The third kappa shape index (κ3) is 2.47. The number of halogens is 1. The maximum Gasteiger partial charge on any atom is 0.334 e. The zero-order chi connectivity index (χ0) is 10.6. The number of hydrogen-bond acceptors (Lipinski definition) is 2. The summed E-state index contributed by atoms with van der Waals surface area (Å²) in [6, 6.07) is 0. The lowest BCUT2D eigenvalue weighted by atomic mass is 9.87. The molecule has 78 valence electrons. The van der Waals surface area contributed by atoms with Crippen molar-refractivity contribution in [3.8, 4) is 0 Å². The van der Waals surface area contributed by atoms with E-state index in [4.69, 9.17) is 4.74 Å². The Balaban J connectivity index is 2.85. The van der Waals surface area contributed by atoms with Crippen molar-refractivity contribution in [3.05, 3.63) is 23.3 Å². The van der Waals surface area contributed by atoms with Gasteiger partial charge in [0.15, 0.2) is 0 Å². The highest BCUT2D eigenvalue weighted by Gasteiger charge is 2.23. The minimum absolute atomic E-state index is 0.208. The van der Waals surface area contributed by atoms with Crippen molar-refractivity contribution in [3.63, 3.8) is 0 Å². The van der Waals surface area contributed by atoms with E-state index in [-0.39, 0.29) is 11.9 Å². The van der Waals surface area contributed by atoms with Gasteiger partial charge in [-0.05, 0) is 12.8 Å². The number of esters is 1. The van der Waals surface area contributed by atoms with Crippen LogP contribution >= 0.6 is 15.9 Å². The first kappa shape index (κ1) is 11.5. The van der Waals surface area contributed by atoms with Crippen molar-refractivity contribution in [2.75, 3.05) is 12.4 Å². The van der Waals surface area contributed by atoms with Crippen LogP contribution in [0.5, 0.6) is 0 Å². The molecule has 0 saturated carbocycles. The van der Waals surface area contributed by atoms with Crippen LogP contribution in [-0.4, -0.2) is 18.4 Å². The summed E-state index contributed by atoms with van der Waals surface area (Å²) in [5.41, 5.74) is 2.17. The van der Waals surface area contributed by atoms with Crippen molar-refractivity contribution in [2.45, 2.75) is 19.8 Å². The van der Waals surface area contributed by atoms with E-state index in [1.54, 1.807) is 0 Å². The Morgan fingerprint density at radius 2 is 2.36 bits per heavy atom. The Morgan fingerprint density at radius 3 is 2.86 bits per heavy atom. The molecule has 1 unspecified atom stereocenters. The van der Waals surface area contributed by atoms with E-state index in [9.17, 15) is 4.79 Å². The summed E-state index contributed by atoms with van der Waals surface area (Å²) < 4.78 is 4.73. The summed E-state index contributed by atoms with van der Waals surface area (Å²) in [6.45, 7) is 2.13. The average Bonchev–Trinajstić information content (AvgIpc) is 2.27. The Hall–Kier alpha value is -0.570. The number of allylic oxidation sites excluding steroid dienone is 3. The first-order valence-corrected chi connectivity index (χ1v) is 5.89. The molecule has 1 rings (SSSR count). The van der Waals surface area contributed by atoms with E-state index in [0.717, 1.165) is 23.7 Å². The highest BCUT2D eigenvalue weighted by atomic mass is 79.9. The van der Waals surface area contributed by atoms with E-state index in [1.165, 1.54) is 12.7 Å². The number of carbonyl (C=O) groups is 1. The molecule has 0 fully saturated rings. The fraction of sp³-hybridized carbons (Fsp3) is 0.545. The zero-order valence-electron chi connectivity index (χ0n) is 8.55. The normalized spacial score (nSPS) is 21.2. The van der Waals surface area contributed by atoms with Crippen LogP contribution < -0.4 is 0 Å². The molecule has 1 aliphatic rings. The van der Waals surface area contributed by atoms with Gasteiger partial charge in [-0.15, -0.1) is 0 Å². The summed E-state index contributed by atoms with van der Waals surface area (Å²) in [5.74, 6) is 0.0586. The highest BCUT2D eigenvalue weighted by molar-refractivity contribution is 9.09. The molecule has 14 heavy (non-hydrogen) atoms. The fourth-order valence-electron chi connectivity index (χ4n) is 1.59. The minimum atomic E-state index is -0.208. The van der Waals surface area contributed by atoms with E-state index in [2.05, 4.69) is 22.9 Å². The second kappa shape index (κ2) is 5.35. The predicted molar refractivity (Wildman–Crippen MR) is 60.4 cm³/mol. The molecule has 0 radical (unpaired) electrons. The number of carbonyl (C=O) groups excluding carboxylic acids is 1. The predicted octanol–water partition coefficient (Wildman–Crippen LogP) is 2.84.